The summed E-state index contributed by atoms with van der Waals surface area (Å²) in [5.74, 6) is -0.727. The molecule has 0 spiro atoms. The van der Waals surface area contributed by atoms with Crippen molar-refractivity contribution in [2.45, 2.75) is 44.6 Å². The van der Waals surface area contributed by atoms with Crippen LogP contribution in [0.5, 0.6) is 0 Å². The highest BCUT2D eigenvalue weighted by atomic mass is 19.1. The van der Waals surface area contributed by atoms with Gasteiger partial charge in [0.25, 0.3) is 5.91 Å². The third-order valence-electron chi connectivity index (χ3n) is 4.30. The van der Waals surface area contributed by atoms with Crippen LogP contribution in [0.3, 0.4) is 0 Å². The number of benzene rings is 1. The second-order valence-electron chi connectivity index (χ2n) is 6.23. The Morgan fingerprint density at radius 2 is 1.83 bits per heavy atom. The van der Waals surface area contributed by atoms with Crippen LogP contribution in [0, 0.1) is 5.82 Å². The summed E-state index contributed by atoms with van der Waals surface area (Å²) in [5, 5.41) is 6.18. The van der Waals surface area contributed by atoms with Crippen molar-refractivity contribution in [3.05, 3.63) is 54.1 Å². The number of carbonyl (C=O) groups excluding carboxylic acids is 1. The molecule has 1 amide bonds. The summed E-state index contributed by atoms with van der Waals surface area (Å²) in [6.45, 7) is 0. The number of amides is 1. The van der Waals surface area contributed by atoms with Crippen molar-refractivity contribution >= 4 is 17.3 Å². The molecule has 1 heterocycles. The third-order valence-corrected chi connectivity index (χ3v) is 4.30. The Kier molecular flexibility index (Phi) is 5.41. The number of anilines is 2. The fourth-order valence-electron chi connectivity index (χ4n) is 3.07. The molecular weight excluding hydrogens is 305 g/mol. The first-order valence-corrected chi connectivity index (χ1v) is 8.50. The zero-order valence-electron chi connectivity index (χ0n) is 13.6. The predicted molar refractivity (Wildman–Crippen MR) is 93.7 cm³/mol. The number of nitrogens with one attached hydrogen (secondary N) is 2. The van der Waals surface area contributed by atoms with E-state index in [9.17, 15) is 9.18 Å². The quantitative estimate of drug-likeness (QED) is 0.806. The molecule has 4 nitrogen and oxygen atoms in total. The summed E-state index contributed by atoms with van der Waals surface area (Å²) in [7, 11) is 0. The minimum atomic E-state index is -0.385. The lowest BCUT2D eigenvalue weighted by atomic mass is 10.1. The molecule has 0 atom stereocenters. The van der Waals surface area contributed by atoms with E-state index in [0.717, 1.165) is 18.5 Å². The van der Waals surface area contributed by atoms with Crippen LogP contribution >= 0.6 is 0 Å². The van der Waals surface area contributed by atoms with Crippen molar-refractivity contribution in [1.82, 2.24) is 4.98 Å². The molecule has 0 saturated heterocycles. The lowest BCUT2D eigenvalue weighted by Crippen LogP contribution is -2.19. The molecule has 0 unspecified atom stereocenters. The maximum Gasteiger partial charge on any atom is 0.274 e. The Morgan fingerprint density at radius 3 is 2.58 bits per heavy atom. The van der Waals surface area contributed by atoms with Gasteiger partial charge in [0.15, 0.2) is 0 Å². The molecule has 126 valence electrons. The normalized spacial score (nSPS) is 15.5. The Bertz CT molecular complexity index is 697. The fraction of sp³-hybridized carbons (Fsp3) is 0.368. The molecule has 1 saturated carbocycles. The Balaban J connectivity index is 1.66. The number of hydrogen-bond donors (Lipinski definition) is 2. The van der Waals surface area contributed by atoms with Crippen molar-refractivity contribution < 1.29 is 9.18 Å². The number of nitrogens with zero attached hydrogens (tertiary/aromatic N) is 1. The van der Waals surface area contributed by atoms with Crippen molar-refractivity contribution in [1.29, 1.82) is 0 Å². The number of aromatic nitrogens is 1. The van der Waals surface area contributed by atoms with E-state index in [2.05, 4.69) is 15.6 Å². The fourth-order valence-corrected chi connectivity index (χ4v) is 3.07. The molecule has 0 bridgehead atoms. The summed E-state index contributed by atoms with van der Waals surface area (Å²) < 4.78 is 13.2. The molecule has 0 radical (unpaired) electrons. The Labute approximate surface area is 141 Å². The van der Waals surface area contributed by atoms with Gasteiger partial charge in [0, 0.05) is 23.6 Å². The molecule has 2 aromatic rings. The molecule has 0 aliphatic heterocycles. The van der Waals surface area contributed by atoms with Gasteiger partial charge >= 0.3 is 0 Å². The van der Waals surface area contributed by atoms with E-state index in [1.165, 1.54) is 37.8 Å². The van der Waals surface area contributed by atoms with Crippen LogP contribution in [0.15, 0.2) is 42.6 Å². The molecule has 1 aliphatic carbocycles. The van der Waals surface area contributed by atoms with Crippen molar-refractivity contribution in [2.75, 3.05) is 10.6 Å². The maximum atomic E-state index is 13.2. The summed E-state index contributed by atoms with van der Waals surface area (Å²) >= 11 is 0. The zero-order valence-corrected chi connectivity index (χ0v) is 13.6. The van der Waals surface area contributed by atoms with Crippen LogP contribution in [0.25, 0.3) is 0 Å². The largest absolute Gasteiger partial charge is 0.382 e. The van der Waals surface area contributed by atoms with Gasteiger partial charge < -0.3 is 10.6 Å². The first-order valence-electron chi connectivity index (χ1n) is 8.50. The van der Waals surface area contributed by atoms with Crippen molar-refractivity contribution in [3.8, 4) is 0 Å². The average Bonchev–Trinajstić information content (AvgIpc) is 2.84. The SMILES string of the molecule is O=C(Nc1cccc(F)c1)c1cc(NC2CCCCCC2)ccn1. The Hall–Kier alpha value is -2.43. The summed E-state index contributed by atoms with van der Waals surface area (Å²) in [6, 6.07) is 9.91. The monoisotopic (exact) mass is 327 g/mol. The Morgan fingerprint density at radius 1 is 1.04 bits per heavy atom. The number of pyridine rings is 1. The van der Waals surface area contributed by atoms with E-state index in [1.807, 2.05) is 6.07 Å². The molecular formula is C19H22FN3O. The minimum Gasteiger partial charge on any atom is -0.382 e. The van der Waals surface area contributed by atoms with Gasteiger partial charge in [-0.2, -0.15) is 0 Å². The van der Waals surface area contributed by atoms with Crippen LogP contribution in [-0.4, -0.2) is 16.9 Å². The topological polar surface area (TPSA) is 54.0 Å². The van der Waals surface area contributed by atoms with Gasteiger partial charge in [-0.1, -0.05) is 31.7 Å². The van der Waals surface area contributed by atoms with Crippen LogP contribution in [0.2, 0.25) is 0 Å². The van der Waals surface area contributed by atoms with Crippen molar-refractivity contribution in [3.63, 3.8) is 0 Å². The summed E-state index contributed by atoms with van der Waals surface area (Å²) in [4.78, 5) is 16.4. The van der Waals surface area contributed by atoms with Gasteiger partial charge in [0.2, 0.25) is 0 Å². The standard InChI is InChI=1S/C19H22FN3O/c20-14-6-5-9-16(12-14)23-19(24)18-13-17(10-11-21-18)22-15-7-3-1-2-4-8-15/h5-6,9-13,15H,1-4,7-8H2,(H,21,22)(H,23,24). The van der Waals surface area contributed by atoms with Crippen LogP contribution in [0.1, 0.15) is 49.0 Å². The smallest absolute Gasteiger partial charge is 0.274 e. The van der Waals surface area contributed by atoms with E-state index in [4.69, 9.17) is 0 Å². The maximum absolute atomic E-state index is 13.2. The molecule has 3 rings (SSSR count). The van der Waals surface area contributed by atoms with Gasteiger partial charge in [0.1, 0.15) is 11.5 Å². The summed E-state index contributed by atoms with van der Waals surface area (Å²) in [5.41, 5.74) is 1.64. The highest BCUT2D eigenvalue weighted by molar-refractivity contribution is 6.03. The highest BCUT2D eigenvalue weighted by Gasteiger charge is 2.14. The molecule has 5 heteroatoms. The van der Waals surface area contributed by atoms with Gasteiger partial charge in [-0.15, -0.1) is 0 Å². The second-order valence-corrected chi connectivity index (χ2v) is 6.23. The zero-order chi connectivity index (χ0) is 16.8. The van der Waals surface area contributed by atoms with E-state index < -0.39 is 0 Å². The second kappa shape index (κ2) is 7.90. The number of halogens is 1. The van der Waals surface area contributed by atoms with Crippen LogP contribution in [-0.2, 0) is 0 Å². The average molecular weight is 327 g/mol. The van der Waals surface area contributed by atoms with Gasteiger partial charge in [-0.3, -0.25) is 9.78 Å². The van der Waals surface area contributed by atoms with Gasteiger partial charge in [-0.25, -0.2) is 4.39 Å². The molecule has 1 fully saturated rings. The number of hydrogen-bond acceptors (Lipinski definition) is 3. The van der Waals surface area contributed by atoms with Crippen LogP contribution < -0.4 is 10.6 Å². The van der Waals surface area contributed by atoms with Gasteiger partial charge in [0.05, 0.1) is 0 Å². The van der Waals surface area contributed by atoms with E-state index in [1.54, 1.807) is 24.4 Å². The highest BCUT2D eigenvalue weighted by Crippen LogP contribution is 2.21. The molecule has 2 N–H and O–H groups in total. The van der Waals surface area contributed by atoms with E-state index in [-0.39, 0.29) is 11.7 Å². The summed E-state index contributed by atoms with van der Waals surface area (Å²) in [6.07, 6.45) is 9.04. The first-order chi connectivity index (χ1) is 11.7. The van der Waals surface area contributed by atoms with Crippen LogP contribution in [0.4, 0.5) is 15.8 Å². The molecule has 1 aliphatic rings. The molecule has 1 aromatic heterocycles. The van der Waals surface area contributed by atoms with Crippen molar-refractivity contribution in [2.24, 2.45) is 0 Å². The first kappa shape index (κ1) is 16.4. The lowest BCUT2D eigenvalue weighted by Gasteiger charge is -2.17. The lowest BCUT2D eigenvalue weighted by molar-refractivity contribution is 0.102. The molecule has 24 heavy (non-hydrogen) atoms. The van der Waals surface area contributed by atoms with Gasteiger partial charge in [-0.05, 0) is 43.2 Å². The number of carbonyl (C=O) groups is 1. The predicted octanol–water partition coefficient (Wildman–Crippen LogP) is 4.61. The number of rotatable bonds is 4. The third kappa shape index (κ3) is 4.54. The van der Waals surface area contributed by atoms with E-state index in [0.29, 0.717) is 17.4 Å². The molecule has 1 aromatic carbocycles. The van der Waals surface area contributed by atoms with E-state index >= 15 is 0 Å². The minimum absolute atomic E-state index is 0.317.